The van der Waals surface area contributed by atoms with E-state index in [1.807, 2.05) is 0 Å². The van der Waals surface area contributed by atoms with E-state index >= 15 is 0 Å². The standard InChI is InChI=1S/C12H9Cl2FN2O/c13-6-7-4-12(18)17-11(16-7)5-8-9(14)2-1-3-10(8)15/h1-4H,5-6H2,(H,16,17,18). The summed E-state index contributed by atoms with van der Waals surface area (Å²) in [6.07, 6.45) is 0.117. The summed E-state index contributed by atoms with van der Waals surface area (Å²) in [4.78, 5) is 18.0. The number of nitrogens with one attached hydrogen (secondary N) is 1. The molecule has 94 valence electrons. The predicted molar refractivity (Wildman–Crippen MR) is 68.6 cm³/mol. The average molecular weight is 287 g/mol. The first-order valence-corrected chi connectivity index (χ1v) is 6.09. The molecule has 0 aliphatic carbocycles. The fraction of sp³-hybridized carbons (Fsp3) is 0.167. The maximum Gasteiger partial charge on any atom is 0.251 e. The van der Waals surface area contributed by atoms with Crippen LogP contribution in [0.4, 0.5) is 4.39 Å². The number of hydrogen-bond donors (Lipinski definition) is 1. The van der Waals surface area contributed by atoms with Gasteiger partial charge in [0, 0.05) is 23.1 Å². The molecule has 6 heteroatoms. The number of alkyl halides is 1. The fourth-order valence-corrected chi connectivity index (χ4v) is 1.95. The molecule has 0 bridgehead atoms. The smallest absolute Gasteiger partial charge is 0.251 e. The second kappa shape index (κ2) is 5.50. The summed E-state index contributed by atoms with van der Waals surface area (Å²) in [6, 6.07) is 5.72. The van der Waals surface area contributed by atoms with Crippen LogP contribution in [0.1, 0.15) is 17.1 Å². The van der Waals surface area contributed by atoms with Gasteiger partial charge >= 0.3 is 0 Å². The Hall–Kier alpha value is -1.39. The van der Waals surface area contributed by atoms with Crippen molar-refractivity contribution in [1.82, 2.24) is 9.97 Å². The molecule has 1 aromatic carbocycles. The molecule has 0 aliphatic heterocycles. The van der Waals surface area contributed by atoms with Gasteiger partial charge in [0.25, 0.3) is 5.56 Å². The second-order valence-electron chi connectivity index (χ2n) is 3.69. The molecule has 0 saturated heterocycles. The van der Waals surface area contributed by atoms with Crippen LogP contribution in [-0.2, 0) is 12.3 Å². The first-order chi connectivity index (χ1) is 8.60. The fourth-order valence-electron chi connectivity index (χ4n) is 1.58. The van der Waals surface area contributed by atoms with E-state index in [1.54, 1.807) is 6.07 Å². The van der Waals surface area contributed by atoms with E-state index in [-0.39, 0.29) is 17.9 Å². The molecule has 18 heavy (non-hydrogen) atoms. The summed E-state index contributed by atoms with van der Waals surface area (Å²) in [5.41, 5.74) is 0.431. The van der Waals surface area contributed by atoms with Gasteiger partial charge in [-0.25, -0.2) is 9.37 Å². The highest BCUT2D eigenvalue weighted by Crippen LogP contribution is 2.20. The van der Waals surface area contributed by atoms with E-state index in [1.165, 1.54) is 18.2 Å². The van der Waals surface area contributed by atoms with Crippen molar-refractivity contribution in [1.29, 1.82) is 0 Å². The second-order valence-corrected chi connectivity index (χ2v) is 4.37. The zero-order valence-electron chi connectivity index (χ0n) is 9.21. The number of hydrogen-bond acceptors (Lipinski definition) is 2. The lowest BCUT2D eigenvalue weighted by Crippen LogP contribution is -2.13. The number of nitrogens with zero attached hydrogens (tertiary/aromatic N) is 1. The average Bonchev–Trinajstić information content (AvgIpc) is 2.33. The Morgan fingerprint density at radius 1 is 1.39 bits per heavy atom. The maximum absolute atomic E-state index is 13.6. The van der Waals surface area contributed by atoms with Gasteiger partial charge in [-0.15, -0.1) is 11.6 Å². The molecule has 2 aromatic rings. The first kappa shape index (κ1) is 13.1. The minimum absolute atomic E-state index is 0.117. The van der Waals surface area contributed by atoms with Gasteiger partial charge in [0.15, 0.2) is 0 Å². The van der Waals surface area contributed by atoms with Gasteiger partial charge in [-0.3, -0.25) is 4.79 Å². The zero-order chi connectivity index (χ0) is 13.1. The third-order valence-corrected chi connectivity index (χ3v) is 3.01. The highest BCUT2D eigenvalue weighted by molar-refractivity contribution is 6.31. The summed E-state index contributed by atoms with van der Waals surface area (Å²) in [7, 11) is 0. The van der Waals surface area contributed by atoms with Crippen LogP contribution in [-0.4, -0.2) is 9.97 Å². The minimum Gasteiger partial charge on any atom is -0.310 e. The van der Waals surface area contributed by atoms with Crippen LogP contribution in [0.15, 0.2) is 29.1 Å². The lowest BCUT2D eigenvalue weighted by Gasteiger charge is -2.06. The van der Waals surface area contributed by atoms with Crippen LogP contribution >= 0.6 is 23.2 Å². The molecule has 0 spiro atoms. The molecule has 1 aromatic heterocycles. The molecule has 0 unspecified atom stereocenters. The molecule has 0 radical (unpaired) electrons. The largest absolute Gasteiger partial charge is 0.310 e. The Morgan fingerprint density at radius 3 is 2.83 bits per heavy atom. The summed E-state index contributed by atoms with van der Waals surface area (Å²) >= 11 is 11.5. The van der Waals surface area contributed by atoms with Crippen molar-refractivity contribution in [3.8, 4) is 0 Å². The zero-order valence-corrected chi connectivity index (χ0v) is 10.7. The Bertz CT molecular complexity index is 607. The van der Waals surface area contributed by atoms with Crippen molar-refractivity contribution in [2.45, 2.75) is 12.3 Å². The SMILES string of the molecule is O=c1cc(CCl)nc(Cc2c(F)cccc2Cl)[nH]1. The summed E-state index contributed by atoms with van der Waals surface area (Å²) < 4.78 is 13.6. The number of rotatable bonds is 3. The molecular formula is C12H9Cl2FN2O. The van der Waals surface area contributed by atoms with Gasteiger partial charge < -0.3 is 4.98 Å². The lowest BCUT2D eigenvalue weighted by atomic mass is 10.1. The number of aromatic nitrogens is 2. The molecule has 3 nitrogen and oxygen atoms in total. The van der Waals surface area contributed by atoms with Crippen LogP contribution in [0.5, 0.6) is 0 Å². The van der Waals surface area contributed by atoms with Crippen molar-refractivity contribution in [2.75, 3.05) is 0 Å². The van der Waals surface area contributed by atoms with Crippen molar-refractivity contribution in [2.24, 2.45) is 0 Å². The van der Waals surface area contributed by atoms with Gasteiger partial charge in [-0.1, -0.05) is 17.7 Å². The Kier molecular flexibility index (Phi) is 3.99. The Labute approximate surface area is 113 Å². The summed E-state index contributed by atoms with van der Waals surface area (Å²) in [6.45, 7) is 0. The Balaban J connectivity index is 2.40. The number of aromatic amines is 1. The number of H-pyrrole nitrogens is 1. The molecule has 0 fully saturated rings. The van der Waals surface area contributed by atoms with E-state index in [0.717, 1.165) is 0 Å². The highest BCUT2D eigenvalue weighted by atomic mass is 35.5. The molecule has 1 heterocycles. The van der Waals surface area contributed by atoms with Crippen LogP contribution in [0.3, 0.4) is 0 Å². The molecule has 1 N–H and O–H groups in total. The van der Waals surface area contributed by atoms with Crippen molar-refractivity contribution < 1.29 is 4.39 Å². The van der Waals surface area contributed by atoms with Crippen molar-refractivity contribution >= 4 is 23.2 Å². The molecule has 2 rings (SSSR count). The molecule has 0 aliphatic rings. The molecule has 0 amide bonds. The molecule has 0 saturated carbocycles. The number of halogens is 3. The van der Waals surface area contributed by atoms with Crippen LogP contribution in [0, 0.1) is 5.82 Å². The van der Waals surface area contributed by atoms with Crippen LogP contribution < -0.4 is 5.56 Å². The molecule has 0 atom stereocenters. The Morgan fingerprint density at radius 2 is 2.17 bits per heavy atom. The van der Waals surface area contributed by atoms with Gasteiger partial charge in [0.05, 0.1) is 11.6 Å². The minimum atomic E-state index is -0.429. The van der Waals surface area contributed by atoms with Gasteiger partial charge in [0.1, 0.15) is 11.6 Å². The van der Waals surface area contributed by atoms with Crippen molar-refractivity contribution in [3.05, 3.63) is 62.5 Å². The van der Waals surface area contributed by atoms with E-state index in [4.69, 9.17) is 23.2 Å². The van der Waals surface area contributed by atoms with E-state index in [0.29, 0.717) is 22.1 Å². The van der Waals surface area contributed by atoms with E-state index < -0.39 is 5.82 Å². The van der Waals surface area contributed by atoms with Gasteiger partial charge in [-0.2, -0.15) is 0 Å². The first-order valence-electron chi connectivity index (χ1n) is 5.18. The summed E-state index contributed by atoms with van der Waals surface area (Å²) in [5.74, 6) is 0.0358. The van der Waals surface area contributed by atoms with Crippen LogP contribution in [0.2, 0.25) is 5.02 Å². The molecular weight excluding hydrogens is 278 g/mol. The normalized spacial score (nSPS) is 10.6. The third kappa shape index (κ3) is 2.89. The number of benzene rings is 1. The highest BCUT2D eigenvalue weighted by Gasteiger charge is 2.10. The summed E-state index contributed by atoms with van der Waals surface area (Å²) in [5, 5.41) is 0.300. The van der Waals surface area contributed by atoms with E-state index in [9.17, 15) is 9.18 Å². The van der Waals surface area contributed by atoms with E-state index in [2.05, 4.69) is 9.97 Å². The van der Waals surface area contributed by atoms with Crippen LogP contribution in [0.25, 0.3) is 0 Å². The maximum atomic E-state index is 13.6. The monoisotopic (exact) mass is 286 g/mol. The topological polar surface area (TPSA) is 45.8 Å². The third-order valence-electron chi connectivity index (χ3n) is 2.39. The van der Waals surface area contributed by atoms with Gasteiger partial charge in [0.2, 0.25) is 0 Å². The quantitative estimate of drug-likeness (QED) is 0.882. The predicted octanol–water partition coefficient (Wildman–Crippen LogP) is 2.89. The lowest BCUT2D eigenvalue weighted by molar-refractivity contribution is 0.612. The van der Waals surface area contributed by atoms with Crippen molar-refractivity contribution in [3.63, 3.8) is 0 Å². The van der Waals surface area contributed by atoms with Gasteiger partial charge in [-0.05, 0) is 12.1 Å².